The van der Waals surface area contributed by atoms with Crippen molar-refractivity contribution in [3.8, 4) is 0 Å². The topological polar surface area (TPSA) is 46.9 Å². The van der Waals surface area contributed by atoms with E-state index in [1.807, 2.05) is 18.3 Å². The maximum Gasteiger partial charge on any atom is 0.271 e. The largest absolute Gasteiger partial charge is 0.347 e. The number of nitrogens with zero attached hydrogens (tertiary/aromatic N) is 2. The summed E-state index contributed by atoms with van der Waals surface area (Å²) in [5.41, 5.74) is 2.86. The smallest absolute Gasteiger partial charge is 0.271 e. The van der Waals surface area contributed by atoms with Crippen LogP contribution in [0.25, 0.3) is 0 Å². The van der Waals surface area contributed by atoms with Gasteiger partial charge in [-0.1, -0.05) is 29.8 Å². The van der Waals surface area contributed by atoms with Crippen LogP contribution in [0.3, 0.4) is 0 Å². The number of carbonyl (C=O) groups excluding carboxylic acids is 1. The highest BCUT2D eigenvalue weighted by Crippen LogP contribution is 2.14. The third-order valence-corrected chi connectivity index (χ3v) is 3.71. The molecule has 0 bridgehead atoms. The molecule has 1 aromatic heterocycles. The van der Waals surface area contributed by atoms with Crippen molar-refractivity contribution >= 4 is 5.91 Å². The molecular weight excluding hydrogens is 250 g/mol. The Balaban J connectivity index is 1.64. The summed E-state index contributed by atoms with van der Waals surface area (Å²) >= 11 is 0. The molecule has 0 fully saturated rings. The van der Waals surface area contributed by atoms with Gasteiger partial charge >= 0.3 is 0 Å². The molecule has 20 heavy (non-hydrogen) atoms. The van der Waals surface area contributed by atoms with E-state index in [9.17, 15) is 4.79 Å². The van der Waals surface area contributed by atoms with Gasteiger partial charge in [0.15, 0.2) is 0 Å². The highest BCUT2D eigenvalue weighted by molar-refractivity contribution is 5.92. The highest BCUT2D eigenvalue weighted by atomic mass is 16.1. The van der Waals surface area contributed by atoms with E-state index < -0.39 is 0 Å². The number of rotatable bonds is 3. The van der Waals surface area contributed by atoms with Crippen molar-refractivity contribution < 1.29 is 4.79 Å². The van der Waals surface area contributed by atoms with Crippen molar-refractivity contribution in [1.82, 2.24) is 14.9 Å². The molecule has 0 saturated carbocycles. The molecule has 1 aliphatic rings. The molecule has 4 heteroatoms. The summed E-state index contributed by atoms with van der Waals surface area (Å²) in [4.78, 5) is 16.5. The van der Waals surface area contributed by atoms with Crippen LogP contribution in [0.2, 0.25) is 0 Å². The summed E-state index contributed by atoms with van der Waals surface area (Å²) in [6.07, 6.45) is 5.19. The average Bonchev–Trinajstić information content (AvgIpc) is 2.90. The van der Waals surface area contributed by atoms with Crippen LogP contribution in [0.1, 0.15) is 40.3 Å². The Labute approximate surface area is 118 Å². The van der Waals surface area contributed by atoms with Gasteiger partial charge in [-0.05, 0) is 25.3 Å². The molecule has 4 nitrogen and oxygen atoms in total. The van der Waals surface area contributed by atoms with Crippen molar-refractivity contribution in [2.45, 2.75) is 39.3 Å². The number of amides is 1. The first kappa shape index (κ1) is 12.9. The van der Waals surface area contributed by atoms with Crippen LogP contribution in [0.4, 0.5) is 0 Å². The minimum Gasteiger partial charge on any atom is -0.347 e. The lowest BCUT2D eigenvalue weighted by atomic mass is 10.1. The van der Waals surface area contributed by atoms with E-state index in [0.29, 0.717) is 12.2 Å². The molecule has 1 N–H and O–H groups in total. The number of aryl methyl sites for hydroxylation is 3. The van der Waals surface area contributed by atoms with Crippen molar-refractivity contribution in [2.24, 2.45) is 0 Å². The lowest BCUT2D eigenvalue weighted by Gasteiger charge is -2.11. The van der Waals surface area contributed by atoms with Gasteiger partial charge in [0.25, 0.3) is 5.91 Å². The Bertz CT molecular complexity index is 590. The number of imidazole rings is 1. The van der Waals surface area contributed by atoms with Crippen LogP contribution in [0, 0.1) is 6.92 Å². The second kappa shape index (κ2) is 5.49. The number of aromatic nitrogens is 2. The van der Waals surface area contributed by atoms with E-state index in [1.54, 1.807) is 0 Å². The minimum atomic E-state index is -0.0903. The van der Waals surface area contributed by atoms with Crippen molar-refractivity contribution in [2.75, 3.05) is 0 Å². The monoisotopic (exact) mass is 269 g/mol. The molecule has 0 unspecified atom stereocenters. The van der Waals surface area contributed by atoms with Crippen LogP contribution in [0.15, 0.2) is 30.5 Å². The molecule has 1 aliphatic heterocycles. The predicted octanol–water partition coefficient (Wildman–Crippen LogP) is 2.46. The van der Waals surface area contributed by atoms with Crippen LogP contribution in [-0.2, 0) is 19.5 Å². The van der Waals surface area contributed by atoms with E-state index in [1.165, 1.54) is 18.4 Å². The molecule has 2 heterocycles. The fraction of sp³-hybridized carbons (Fsp3) is 0.375. The number of nitrogens with one attached hydrogen (secondary N) is 1. The summed E-state index contributed by atoms with van der Waals surface area (Å²) in [5.74, 6) is 0.948. The summed E-state index contributed by atoms with van der Waals surface area (Å²) in [7, 11) is 0. The second-order valence-electron chi connectivity index (χ2n) is 5.36. The van der Waals surface area contributed by atoms with E-state index in [4.69, 9.17) is 0 Å². The Morgan fingerprint density at radius 2 is 2.10 bits per heavy atom. The number of fused-ring (bicyclic) bond motifs is 1. The zero-order valence-corrected chi connectivity index (χ0v) is 11.7. The minimum absolute atomic E-state index is 0.0903. The Kier molecular flexibility index (Phi) is 3.54. The van der Waals surface area contributed by atoms with Gasteiger partial charge in [-0.15, -0.1) is 0 Å². The maximum absolute atomic E-state index is 12.1. The van der Waals surface area contributed by atoms with E-state index in [-0.39, 0.29) is 5.91 Å². The Morgan fingerprint density at radius 3 is 2.85 bits per heavy atom. The fourth-order valence-corrected chi connectivity index (χ4v) is 2.50. The van der Waals surface area contributed by atoms with Crippen molar-refractivity contribution in [3.63, 3.8) is 0 Å². The molecule has 1 amide bonds. The number of benzene rings is 1. The fourth-order valence-electron chi connectivity index (χ4n) is 2.50. The third kappa shape index (κ3) is 2.74. The lowest BCUT2D eigenvalue weighted by molar-refractivity contribution is 0.0946. The molecule has 0 aliphatic carbocycles. The standard InChI is InChI=1S/C16H19N3O/c1-12-5-7-13(8-6-12)10-17-16(20)14-11-19-9-3-2-4-15(19)18-14/h5-8,11H,2-4,9-10H2,1H3,(H,17,20). The van der Waals surface area contributed by atoms with E-state index in [0.717, 1.165) is 24.4 Å². The Morgan fingerprint density at radius 1 is 1.30 bits per heavy atom. The second-order valence-corrected chi connectivity index (χ2v) is 5.36. The number of carbonyl (C=O) groups is 1. The summed E-state index contributed by atoms with van der Waals surface area (Å²) < 4.78 is 2.10. The molecular formula is C16H19N3O. The normalized spacial score (nSPS) is 13.8. The SMILES string of the molecule is Cc1ccc(CNC(=O)c2cn3c(n2)CCCC3)cc1. The molecule has 1 aromatic carbocycles. The molecule has 104 valence electrons. The van der Waals surface area contributed by atoms with Gasteiger partial charge in [0.2, 0.25) is 0 Å². The van der Waals surface area contributed by atoms with Crippen molar-refractivity contribution in [3.05, 3.63) is 53.1 Å². The van der Waals surface area contributed by atoms with Gasteiger partial charge in [0.05, 0.1) is 0 Å². The molecule has 0 spiro atoms. The molecule has 2 aromatic rings. The van der Waals surface area contributed by atoms with Crippen LogP contribution in [0.5, 0.6) is 0 Å². The zero-order valence-electron chi connectivity index (χ0n) is 11.7. The molecule has 3 rings (SSSR count). The van der Waals surface area contributed by atoms with Crippen LogP contribution < -0.4 is 5.32 Å². The number of hydrogen-bond donors (Lipinski definition) is 1. The third-order valence-electron chi connectivity index (χ3n) is 3.71. The summed E-state index contributed by atoms with van der Waals surface area (Å²) in [6, 6.07) is 8.18. The summed E-state index contributed by atoms with van der Waals surface area (Å²) in [6.45, 7) is 3.58. The van der Waals surface area contributed by atoms with Gasteiger partial charge in [0.1, 0.15) is 11.5 Å². The quantitative estimate of drug-likeness (QED) is 0.930. The maximum atomic E-state index is 12.1. The first-order chi connectivity index (χ1) is 9.72. The van der Waals surface area contributed by atoms with Crippen LogP contribution >= 0.6 is 0 Å². The van der Waals surface area contributed by atoms with Gasteiger partial charge in [-0.25, -0.2) is 4.98 Å². The summed E-state index contributed by atoms with van der Waals surface area (Å²) in [5, 5.41) is 2.93. The first-order valence-corrected chi connectivity index (χ1v) is 7.12. The highest BCUT2D eigenvalue weighted by Gasteiger charge is 2.16. The van der Waals surface area contributed by atoms with E-state index in [2.05, 4.69) is 33.9 Å². The van der Waals surface area contributed by atoms with Crippen molar-refractivity contribution in [1.29, 1.82) is 0 Å². The van der Waals surface area contributed by atoms with Gasteiger partial charge in [0, 0.05) is 25.7 Å². The Hall–Kier alpha value is -2.10. The first-order valence-electron chi connectivity index (χ1n) is 7.12. The molecule has 0 saturated heterocycles. The molecule has 0 atom stereocenters. The lowest BCUT2D eigenvalue weighted by Crippen LogP contribution is -2.23. The zero-order chi connectivity index (χ0) is 13.9. The van der Waals surface area contributed by atoms with Crippen LogP contribution in [-0.4, -0.2) is 15.5 Å². The van der Waals surface area contributed by atoms with Gasteiger partial charge in [-0.2, -0.15) is 0 Å². The molecule has 0 radical (unpaired) electrons. The number of hydrogen-bond acceptors (Lipinski definition) is 2. The average molecular weight is 269 g/mol. The predicted molar refractivity (Wildman–Crippen MR) is 77.5 cm³/mol. The van der Waals surface area contributed by atoms with E-state index >= 15 is 0 Å². The van der Waals surface area contributed by atoms with Gasteiger partial charge in [-0.3, -0.25) is 4.79 Å². The van der Waals surface area contributed by atoms with Gasteiger partial charge < -0.3 is 9.88 Å².